The van der Waals surface area contributed by atoms with Gasteiger partial charge in [-0.25, -0.2) is 4.98 Å². The highest BCUT2D eigenvalue weighted by Gasteiger charge is 2.12. The van der Waals surface area contributed by atoms with E-state index in [2.05, 4.69) is 4.98 Å². The molecule has 0 radical (unpaired) electrons. The third kappa shape index (κ3) is 2.29. The van der Waals surface area contributed by atoms with Crippen LogP contribution in [-0.4, -0.2) is 15.6 Å². The van der Waals surface area contributed by atoms with Crippen LogP contribution in [0.4, 0.5) is 0 Å². The van der Waals surface area contributed by atoms with E-state index in [9.17, 15) is 4.79 Å². The lowest BCUT2D eigenvalue weighted by Crippen LogP contribution is -2.31. The highest BCUT2D eigenvalue weighted by Crippen LogP contribution is 2.20. The summed E-state index contributed by atoms with van der Waals surface area (Å²) in [5, 5.41) is 0.963. The monoisotopic (exact) mass is 271 g/mol. The quantitative estimate of drug-likeness (QED) is 0.851. The van der Waals surface area contributed by atoms with Crippen molar-refractivity contribution in [3.05, 3.63) is 38.9 Å². The predicted octanol–water partition coefficient (Wildman–Crippen LogP) is 2.05. The van der Waals surface area contributed by atoms with Crippen LogP contribution < -0.4 is 11.3 Å². The van der Waals surface area contributed by atoms with Gasteiger partial charge >= 0.3 is 0 Å². The van der Waals surface area contributed by atoms with E-state index >= 15 is 0 Å². The Balaban J connectivity index is 2.77. The highest BCUT2D eigenvalue weighted by molar-refractivity contribution is 6.35. The third-order valence-electron chi connectivity index (χ3n) is 2.36. The predicted molar refractivity (Wildman–Crippen MR) is 69.7 cm³/mol. The maximum atomic E-state index is 12.2. The summed E-state index contributed by atoms with van der Waals surface area (Å²) in [5.41, 5.74) is 5.86. The molecule has 0 aliphatic heterocycles. The van der Waals surface area contributed by atoms with E-state index in [-0.39, 0.29) is 16.9 Å². The number of hydrogen-bond donors (Lipinski definition) is 1. The fourth-order valence-corrected chi connectivity index (χ4v) is 2.08. The lowest BCUT2D eigenvalue weighted by molar-refractivity contribution is 0.571. The number of rotatable bonds is 2. The van der Waals surface area contributed by atoms with E-state index in [1.165, 1.54) is 4.57 Å². The van der Waals surface area contributed by atoms with Crippen LogP contribution in [0, 0.1) is 0 Å². The zero-order valence-corrected chi connectivity index (χ0v) is 10.7. The van der Waals surface area contributed by atoms with Gasteiger partial charge in [0.1, 0.15) is 0 Å². The number of hydrogen-bond acceptors (Lipinski definition) is 3. The summed E-state index contributed by atoms with van der Waals surface area (Å²) >= 11 is 11.9. The van der Waals surface area contributed by atoms with Crippen molar-refractivity contribution in [2.75, 3.05) is 0 Å². The number of fused-ring (bicyclic) bond motifs is 1. The van der Waals surface area contributed by atoms with Gasteiger partial charge in [-0.3, -0.25) is 9.36 Å². The summed E-state index contributed by atoms with van der Waals surface area (Å²) < 4.78 is 1.35. The van der Waals surface area contributed by atoms with Crippen LogP contribution in [0.15, 0.2) is 23.0 Å². The topological polar surface area (TPSA) is 60.9 Å². The standard InChI is InChI=1S/C11H11Cl2N3O/c1-6(14)5-16-10(17)7-3-2-4-8(12)9(7)15-11(16)13/h2-4,6H,5,14H2,1H3. The van der Waals surface area contributed by atoms with Crippen LogP contribution in [0.2, 0.25) is 10.3 Å². The maximum absolute atomic E-state index is 12.2. The van der Waals surface area contributed by atoms with Crippen LogP contribution >= 0.6 is 23.2 Å². The molecular weight excluding hydrogens is 261 g/mol. The fourth-order valence-electron chi connectivity index (χ4n) is 1.63. The Labute approximate surface area is 108 Å². The molecule has 6 heteroatoms. The van der Waals surface area contributed by atoms with Gasteiger partial charge in [-0.2, -0.15) is 0 Å². The Kier molecular flexibility index (Phi) is 3.38. The molecule has 0 bridgehead atoms. The second-order valence-electron chi connectivity index (χ2n) is 3.91. The van der Waals surface area contributed by atoms with E-state index in [0.29, 0.717) is 22.5 Å². The Morgan fingerprint density at radius 1 is 1.47 bits per heavy atom. The largest absolute Gasteiger partial charge is 0.326 e. The molecule has 0 saturated carbocycles. The molecule has 2 aromatic rings. The van der Waals surface area contributed by atoms with Crippen molar-refractivity contribution in [1.82, 2.24) is 9.55 Å². The molecule has 0 aliphatic rings. The zero-order chi connectivity index (χ0) is 12.6. The second-order valence-corrected chi connectivity index (χ2v) is 4.66. The first-order chi connectivity index (χ1) is 8.00. The molecular formula is C11H11Cl2N3O. The number of benzene rings is 1. The van der Waals surface area contributed by atoms with Crippen molar-refractivity contribution in [3.8, 4) is 0 Å². The van der Waals surface area contributed by atoms with E-state index < -0.39 is 0 Å². The first kappa shape index (κ1) is 12.4. The summed E-state index contributed by atoms with van der Waals surface area (Å²) in [6.07, 6.45) is 0. The molecule has 0 saturated heterocycles. The van der Waals surface area contributed by atoms with Gasteiger partial charge in [0.05, 0.1) is 15.9 Å². The Hall–Kier alpha value is -1.10. The van der Waals surface area contributed by atoms with Crippen molar-refractivity contribution >= 4 is 34.1 Å². The molecule has 4 nitrogen and oxygen atoms in total. The number of halogens is 2. The molecule has 0 amide bonds. The van der Waals surface area contributed by atoms with Crippen LogP contribution in [-0.2, 0) is 6.54 Å². The van der Waals surface area contributed by atoms with E-state index in [0.717, 1.165) is 0 Å². The lowest BCUT2D eigenvalue weighted by atomic mass is 10.2. The van der Waals surface area contributed by atoms with Crippen molar-refractivity contribution < 1.29 is 0 Å². The van der Waals surface area contributed by atoms with Crippen molar-refractivity contribution in [2.45, 2.75) is 19.5 Å². The fraction of sp³-hybridized carbons (Fsp3) is 0.273. The first-order valence-electron chi connectivity index (χ1n) is 5.11. The summed E-state index contributed by atoms with van der Waals surface area (Å²) in [6, 6.07) is 4.87. The van der Waals surface area contributed by atoms with Gasteiger partial charge in [0, 0.05) is 12.6 Å². The Bertz CT molecular complexity index is 622. The van der Waals surface area contributed by atoms with Gasteiger partial charge in [-0.05, 0) is 30.7 Å². The van der Waals surface area contributed by atoms with Crippen molar-refractivity contribution in [3.63, 3.8) is 0 Å². The number of nitrogens with zero attached hydrogens (tertiary/aromatic N) is 2. The van der Waals surface area contributed by atoms with Crippen molar-refractivity contribution in [1.29, 1.82) is 0 Å². The number of para-hydroxylation sites is 1. The number of nitrogens with two attached hydrogens (primary N) is 1. The van der Waals surface area contributed by atoms with Crippen LogP contribution in [0.5, 0.6) is 0 Å². The van der Waals surface area contributed by atoms with Crippen LogP contribution in [0.3, 0.4) is 0 Å². The van der Waals surface area contributed by atoms with Crippen LogP contribution in [0.1, 0.15) is 6.92 Å². The minimum atomic E-state index is -0.222. The average molecular weight is 272 g/mol. The maximum Gasteiger partial charge on any atom is 0.262 e. The summed E-state index contributed by atoms with van der Waals surface area (Å²) in [6.45, 7) is 2.12. The van der Waals surface area contributed by atoms with E-state index in [1.54, 1.807) is 25.1 Å². The Morgan fingerprint density at radius 2 is 2.18 bits per heavy atom. The molecule has 1 aromatic carbocycles. The van der Waals surface area contributed by atoms with Gasteiger partial charge in [0.15, 0.2) is 0 Å². The third-order valence-corrected chi connectivity index (χ3v) is 2.95. The molecule has 0 aliphatic carbocycles. The van der Waals surface area contributed by atoms with Crippen LogP contribution in [0.25, 0.3) is 10.9 Å². The smallest absolute Gasteiger partial charge is 0.262 e. The minimum Gasteiger partial charge on any atom is -0.326 e. The summed E-state index contributed by atoms with van der Waals surface area (Å²) in [7, 11) is 0. The molecule has 2 N–H and O–H groups in total. The number of aromatic nitrogens is 2. The van der Waals surface area contributed by atoms with E-state index in [1.807, 2.05) is 0 Å². The zero-order valence-electron chi connectivity index (χ0n) is 9.15. The lowest BCUT2D eigenvalue weighted by Gasteiger charge is -2.11. The molecule has 2 rings (SSSR count). The summed E-state index contributed by atoms with van der Waals surface area (Å²) in [5.74, 6) is 0. The van der Waals surface area contributed by atoms with Gasteiger partial charge in [-0.15, -0.1) is 0 Å². The molecule has 0 fully saturated rings. The van der Waals surface area contributed by atoms with Gasteiger partial charge in [0.2, 0.25) is 5.28 Å². The normalized spacial score (nSPS) is 12.9. The average Bonchev–Trinajstić information content (AvgIpc) is 2.26. The van der Waals surface area contributed by atoms with Gasteiger partial charge in [-0.1, -0.05) is 17.7 Å². The van der Waals surface area contributed by atoms with Crippen molar-refractivity contribution in [2.24, 2.45) is 5.73 Å². The second kappa shape index (κ2) is 4.64. The first-order valence-corrected chi connectivity index (χ1v) is 5.86. The van der Waals surface area contributed by atoms with Gasteiger partial charge in [0.25, 0.3) is 5.56 Å². The SMILES string of the molecule is CC(N)Cn1c(Cl)nc2c(Cl)cccc2c1=O. The summed E-state index contributed by atoms with van der Waals surface area (Å²) in [4.78, 5) is 16.3. The minimum absolute atomic E-state index is 0.105. The highest BCUT2D eigenvalue weighted by atomic mass is 35.5. The molecule has 17 heavy (non-hydrogen) atoms. The van der Waals surface area contributed by atoms with Gasteiger partial charge < -0.3 is 5.73 Å². The Morgan fingerprint density at radius 3 is 2.82 bits per heavy atom. The van der Waals surface area contributed by atoms with E-state index in [4.69, 9.17) is 28.9 Å². The molecule has 90 valence electrons. The molecule has 1 atom stereocenters. The molecule has 1 unspecified atom stereocenters. The molecule has 1 heterocycles. The molecule has 1 aromatic heterocycles. The molecule has 0 spiro atoms.